The Hall–Kier alpha value is -2.05. The van der Waals surface area contributed by atoms with E-state index >= 15 is 0 Å². The number of amides is 2. The van der Waals surface area contributed by atoms with Crippen molar-refractivity contribution in [1.29, 1.82) is 0 Å². The summed E-state index contributed by atoms with van der Waals surface area (Å²) >= 11 is 0. The van der Waals surface area contributed by atoms with Crippen LogP contribution in [0.3, 0.4) is 0 Å². The van der Waals surface area contributed by atoms with Crippen molar-refractivity contribution in [3.05, 3.63) is 29.6 Å². The Morgan fingerprint density at radius 1 is 1.32 bits per heavy atom. The largest absolute Gasteiger partial charge is 0.356 e. The van der Waals surface area contributed by atoms with Crippen molar-refractivity contribution in [3.63, 3.8) is 0 Å². The van der Waals surface area contributed by atoms with Gasteiger partial charge in [-0.3, -0.25) is 9.59 Å². The highest BCUT2D eigenvalue weighted by atomic mass is 19.2. The maximum Gasteiger partial charge on any atom is 0.227 e. The van der Waals surface area contributed by atoms with Gasteiger partial charge in [-0.2, -0.15) is 0 Å². The summed E-state index contributed by atoms with van der Waals surface area (Å²) in [6.07, 6.45) is 1.68. The average Bonchev–Trinajstić information content (AvgIpc) is 2.87. The monoisotopic (exact) mass is 314 g/mol. The molecule has 1 aliphatic rings. The van der Waals surface area contributed by atoms with Gasteiger partial charge in [0.15, 0.2) is 17.5 Å². The molecule has 1 unspecified atom stereocenters. The molecule has 0 saturated carbocycles. The van der Waals surface area contributed by atoms with Gasteiger partial charge >= 0.3 is 0 Å². The van der Waals surface area contributed by atoms with Crippen LogP contribution in [0.25, 0.3) is 0 Å². The fraction of sp³-hybridized carbons (Fsp3) is 0.467. The number of carbonyl (C=O) groups is 2. The summed E-state index contributed by atoms with van der Waals surface area (Å²) in [6.45, 7) is 2.46. The van der Waals surface area contributed by atoms with Gasteiger partial charge in [-0.05, 0) is 18.6 Å². The third-order valence-electron chi connectivity index (χ3n) is 3.63. The minimum Gasteiger partial charge on any atom is -0.356 e. The van der Waals surface area contributed by atoms with Crippen LogP contribution in [0.1, 0.15) is 26.2 Å². The van der Waals surface area contributed by atoms with Crippen LogP contribution in [-0.2, 0) is 9.59 Å². The number of unbranched alkanes of at least 4 members (excludes halogenated alkanes) is 1. The van der Waals surface area contributed by atoms with E-state index in [9.17, 15) is 22.8 Å². The molecule has 0 spiro atoms. The van der Waals surface area contributed by atoms with Crippen molar-refractivity contribution in [2.75, 3.05) is 18.0 Å². The molecule has 1 heterocycles. The Balaban J connectivity index is 2.10. The zero-order chi connectivity index (χ0) is 16.3. The molecule has 22 heavy (non-hydrogen) atoms. The van der Waals surface area contributed by atoms with Crippen molar-refractivity contribution in [2.45, 2.75) is 26.2 Å². The van der Waals surface area contributed by atoms with E-state index in [1.807, 2.05) is 6.92 Å². The van der Waals surface area contributed by atoms with Crippen LogP contribution in [0, 0.1) is 23.4 Å². The Kier molecular flexibility index (Phi) is 5.05. The maximum atomic E-state index is 13.8. The summed E-state index contributed by atoms with van der Waals surface area (Å²) < 4.78 is 40.0. The fourth-order valence-electron chi connectivity index (χ4n) is 2.37. The number of nitrogens with one attached hydrogen (secondary N) is 1. The summed E-state index contributed by atoms with van der Waals surface area (Å²) in [4.78, 5) is 24.8. The molecule has 1 aromatic rings. The van der Waals surface area contributed by atoms with Gasteiger partial charge < -0.3 is 10.2 Å². The molecule has 1 saturated heterocycles. The summed E-state index contributed by atoms with van der Waals surface area (Å²) in [5.74, 6) is -5.74. The second kappa shape index (κ2) is 6.81. The van der Waals surface area contributed by atoms with Gasteiger partial charge in [-0.1, -0.05) is 13.3 Å². The highest BCUT2D eigenvalue weighted by molar-refractivity contribution is 6.00. The Morgan fingerprint density at radius 2 is 2.05 bits per heavy atom. The summed E-state index contributed by atoms with van der Waals surface area (Å²) in [5.41, 5.74) is -0.340. The van der Waals surface area contributed by atoms with Crippen LogP contribution in [0.2, 0.25) is 0 Å². The zero-order valence-electron chi connectivity index (χ0n) is 12.2. The molecule has 1 N–H and O–H groups in total. The van der Waals surface area contributed by atoms with Gasteiger partial charge in [-0.25, -0.2) is 13.2 Å². The van der Waals surface area contributed by atoms with E-state index in [0.717, 1.165) is 29.9 Å². The Morgan fingerprint density at radius 3 is 2.73 bits per heavy atom. The number of rotatable bonds is 5. The van der Waals surface area contributed by atoms with Crippen molar-refractivity contribution in [2.24, 2.45) is 5.92 Å². The van der Waals surface area contributed by atoms with Gasteiger partial charge in [0.25, 0.3) is 0 Å². The molecule has 0 bridgehead atoms. The summed E-state index contributed by atoms with van der Waals surface area (Å²) in [7, 11) is 0. The summed E-state index contributed by atoms with van der Waals surface area (Å²) in [6, 6.07) is 1.76. The first-order chi connectivity index (χ1) is 10.5. The number of benzene rings is 1. The molecular formula is C15H17F3N2O2. The van der Waals surface area contributed by atoms with E-state index in [1.165, 1.54) is 0 Å². The van der Waals surface area contributed by atoms with Crippen LogP contribution in [0.5, 0.6) is 0 Å². The topological polar surface area (TPSA) is 49.4 Å². The molecule has 4 nitrogen and oxygen atoms in total. The van der Waals surface area contributed by atoms with Crippen molar-refractivity contribution in [3.8, 4) is 0 Å². The third-order valence-corrected chi connectivity index (χ3v) is 3.63. The predicted molar refractivity (Wildman–Crippen MR) is 74.7 cm³/mol. The lowest BCUT2D eigenvalue weighted by atomic mass is 10.1. The second-order valence-electron chi connectivity index (χ2n) is 5.24. The zero-order valence-corrected chi connectivity index (χ0v) is 12.2. The standard InChI is InChI=1S/C15H17F3N2O2/c1-2-3-6-19-15(22)9-7-12(21)20(8-9)11-5-4-10(16)13(17)14(11)18/h4-5,9H,2-3,6-8H2,1H3,(H,19,22). The number of nitrogens with zero attached hydrogens (tertiary/aromatic N) is 1. The summed E-state index contributed by atoms with van der Waals surface area (Å²) in [5, 5.41) is 2.71. The SMILES string of the molecule is CCCCNC(=O)C1CC(=O)N(c2ccc(F)c(F)c2F)C1. The van der Waals surface area contributed by atoms with Gasteiger partial charge in [0.1, 0.15) is 0 Å². The molecule has 1 aliphatic heterocycles. The van der Waals surface area contributed by atoms with Crippen molar-refractivity contribution >= 4 is 17.5 Å². The van der Waals surface area contributed by atoms with Crippen LogP contribution in [-0.4, -0.2) is 24.9 Å². The van der Waals surface area contributed by atoms with E-state index in [0.29, 0.717) is 6.54 Å². The molecule has 7 heteroatoms. The second-order valence-corrected chi connectivity index (χ2v) is 5.24. The smallest absolute Gasteiger partial charge is 0.227 e. The molecule has 2 rings (SSSR count). The van der Waals surface area contributed by atoms with Crippen LogP contribution < -0.4 is 10.2 Å². The first-order valence-corrected chi connectivity index (χ1v) is 7.17. The van der Waals surface area contributed by atoms with Gasteiger partial charge in [0, 0.05) is 19.5 Å². The highest BCUT2D eigenvalue weighted by Crippen LogP contribution is 2.29. The predicted octanol–water partition coefficient (Wildman–Crippen LogP) is 2.37. The van der Waals surface area contributed by atoms with Crippen LogP contribution in [0.15, 0.2) is 12.1 Å². The van der Waals surface area contributed by atoms with Gasteiger partial charge in [0.05, 0.1) is 11.6 Å². The van der Waals surface area contributed by atoms with E-state index in [-0.39, 0.29) is 24.6 Å². The van der Waals surface area contributed by atoms with Crippen LogP contribution in [0.4, 0.5) is 18.9 Å². The molecular weight excluding hydrogens is 297 g/mol. The quantitative estimate of drug-likeness (QED) is 0.670. The number of carbonyl (C=O) groups excluding carboxylic acids is 2. The van der Waals surface area contributed by atoms with E-state index in [4.69, 9.17) is 0 Å². The number of halogens is 3. The number of hydrogen-bond donors (Lipinski definition) is 1. The molecule has 0 aliphatic carbocycles. The van der Waals surface area contributed by atoms with Crippen molar-refractivity contribution < 1.29 is 22.8 Å². The molecule has 1 aromatic carbocycles. The van der Waals surface area contributed by atoms with E-state index < -0.39 is 29.3 Å². The fourth-order valence-corrected chi connectivity index (χ4v) is 2.37. The van der Waals surface area contributed by atoms with Gasteiger partial charge in [-0.15, -0.1) is 0 Å². The lowest BCUT2D eigenvalue weighted by Gasteiger charge is -2.17. The number of hydrogen-bond acceptors (Lipinski definition) is 2. The first kappa shape index (κ1) is 16.3. The third kappa shape index (κ3) is 3.23. The van der Waals surface area contributed by atoms with E-state index in [1.54, 1.807) is 0 Å². The molecule has 0 aromatic heterocycles. The lowest BCUT2D eigenvalue weighted by molar-refractivity contribution is -0.126. The maximum absolute atomic E-state index is 13.8. The average molecular weight is 314 g/mol. The molecule has 0 radical (unpaired) electrons. The van der Waals surface area contributed by atoms with Crippen molar-refractivity contribution in [1.82, 2.24) is 5.32 Å². The molecule has 1 atom stereocenters. The normalized spacial score (nSPS) is 17.9. The minimum absolute atomic E-state index is 0.0429. The lowest BCUT2D eigenvalue weighted by Crippen LogP contribution is -2.33. The molecule has 1 fully saturated rings. The Labute approximate surface area is 126 Å². The highest BCUT2D eigenvalue weighted by Gasteiger charge is 2.36. The molecule has 2 amide bonds. The van der Waals surface area contributed by atoms with Crippen LogP contribution >= 0.6 is 0 Å². The van der Waals surface area contributed by atoms with Gasteiger partial charge in [0.2, 0.25) is 11.8 Å². The molecule has 120 valence electrons. The number of anilines is 1. The minimum atomic E-state index is -1.62. The first-order valence-electron chi connectivity index (χ1n) is 7.17. The Bertz CT molecular complexity index is 592. The van der Waals surface area contributed by atoms with E-state index in [2.05, 4.69) is 5.32 Å².